The van der Waals surface area contributed by atoms with Crippen molar-refractivity contribution >= 4 is 10.0 Å². The molecule has 0 spiro atoms. The Hall–Kier alpha value is -1.77. The smallest absolute Gasteiger partial charge is 0.260 e. The largest absolute Gasteiger partial charge is 0.313 e. The molecule has 2 heterocycles. The predicted molar refractivity (Wildman–Crippen MR) is 79.0 cm³/mol. The van der Waals surface area contributed by atoms with Crippen molar-refractivity contribution in [1.82, 2.24) is 25.2 Å². The lowest BCUT2D eigenvalue weighted by atomic mass is 10.2. The Morgan fingerprint density at radius 1 is 1.33 bits per heavy atom. The molecule has 2 aromatic heterocycles. The van der Waals surface area contributed by atoms with Gasteiger partial charge in [-0.3, -0.25) is 10.1 Å². The Balaban J connectivity index is 2.16. The van der Waals surface area contributed by atoms with Crippen LogP contribution >= 0.6 is 0 Å². The average Bonchev–Trinajstić information content (AvgIpc) is 2.86. The normalized spacial score (nSPS) is 11.7. The first-order valence-electron chi connectivity index (χ1n) is 6.67. The van der Waals surface area contributed by atoms with Crippen LogP contribution in [0.5, 0.6) is 0 Å². The van der Waals surface area contributed by atoms with E-state index in [0.717, 1.165) is 17.8 Å². The zero-order valence-corrected chi connectivity index (χ0v) is 12.9. The fourth-order valence-corrected chi connectivity index (χ4v) is 3.07. The number of rotatable bonds is 7. The van der Waals surface area contributed by atoms with Crippen molar-refractivity contribution in [2.45, 2.75) is 32.0 Å². The molecule has 0 aliphatic heterocycles. The SMILES string of the molecule is CCNCc1c(S(=O)(=O)NCc2cccnc2)n[nH]c1C. The van der Waals surface area contributed by atoms with Crippen molar-refractivity contribution in [2.24, 2.45) is 0 Å². The molecule has 0 aliphatic rings. The summed E-state index contributed by atoms with van der Waals surface area (Å²) in [5, 5.41) is 9.81. The van der Waals surface area contributed by atoms with E-state index in [1.807, 2.05) is 13.0 Å². The lowest BCUT2D eigenvalue weighted by Crippen LogP contribution is -2.25. The minimum Gasteiger partial charge on any atom is -0.313 e. The third kappa shape index (κ3) is 3.87. The van der Waals surface area contributed by atoms with Crippen LogP contribution in [-0.2, 0) is 23.1 Å². The highest BCUT2D eigenvalue weighted by molar-refractivity contribution is 7.89. The van der Waals surface area contributed by atoms with Crippen LogP contribution in [0.1, 0.15) is 23.7 Å². The second-order valence-electron chi connectivity index (χ2n) is 4.60. The van der Waals surface area contributed by atoms with Crippen LogP contribution in [0.2, 0.25) is 0 Å². The second-order valence-corrected chi connectivity index (χ2v) is 6.28. The first kappa shape index (κ1) is 15.6. The summed E-state index contributed by atoms with van der Waals surface area (Å²) >= 11 is 0. The Kier molecular flexibility index (Phi) is 5.05. The van der Waals surface area contributed by atoms with E-state index in [2.05, 4.69) is 25.2 Å². The maximum absolute atomic E-state index is 12.4. The zero-order chi connectivity index (χ0) is 15.3. The molecule has 114 valence electrons. The van der Waals surface area contributed by atoms with Crippen LogP contribution in [0.3, 0.4) is 0 Å². The molecule has 8 heteroatoms. The number of aromatic amines is 1. The van der Waals surface area contributed by atoms with E-state index in [0.29, 0.717) is 12.1 Å². The Bertz CT molecular complexity index is 682. The summed E-state index contributed by atoms with van der Waals surface area (Å²) in [6.45, 7) is 5.17. The van der Waals surface area contributed by atoms with Crippen molar-refractivity contribution in [3.63, 3.8) is 0 Å². The molecule has 3 N–H and O–H groups in total. The highest BCUT2D eigenvalue weighted by Crippen LogP contribution is 2.16. The van der Waals surface area contributed by atoms with Gasteiger partial charge in [-0.15, -0.1) is 0 Å². The summed E-state index contributed by atoms with van der Waals surface area (Å²) in [6, 6.07) is 3.57. The van der Waals surface area contributed by atoms with Gasteiger partial charge < -0.3 is 5.32 Å². The van der Waals surface area contributed by atoms with Gasteiger partial charge in [-0.25, -0.2) is 13.1 Å². The van der Waals surface area contributed by atoms with Crippen molar-refractivity contribution in [2.75, 3.05) is 6.54 Å². The molecule has 0 bridgehead atoms. The molecule has 0 unspecified atom stereocenters. The number of pyridine rings is 1. The maximum atomic E-state index is 12.4. The van der Waals surface area contributed by atoms with Crippen molar-refractivity contribution in [1.29, 1.82) is 0 Å². The van der Waals surface area contributed by atoms with Crippen molar-refractivity contribution in [3.05, 3.63) is 41.3 Å². The van der Waals surface area contributed by atoms with Crippen LogP contribution in [0.4, 0.5) is 0 Å². The number of nitrogens with zero attached hydrogens (tertiary/aromatic N) is 2. The number of aromatic nitrogens is 3. The molecule has 0 radical (unpaired) electrons. The lowest BCUT2D eigenvalue weighted by molar-refractivity contribution is 0.574. The minimum atomic E-state index is -3.66. The first-order valence-corrected chi connectivity index (χ1v) is 8.16. The summed E-state index contributed by atoms with van der Waals surface area (Å²) in [4.78, 5) is 3.95. The van der Waals surface area contributed by atoms with Crippen LogP contribution in [0, 0.1) is 6.92 Å². The number of hydrogen-bond acceptors (Lipinski definition) is 5. The van der Waals surface area contributed by atoms with E-state index in [-0.39, 0.29) is 11.6 Å². The van der Waals surface area contributed by atoms with Gasteiger partial charge in [0, 0.05) is 36.7 Å². The molecule has 21 heavy (non-hydrogen) atoms. The highest BCUT2D eigenvalue weighted by Gasteiger charge is 2.23. The first-order chi connectivity index (χ1) is 10.0. The second kappa shape index (κ2) is 6.79. The number of sulfonamides is 1. The van der Waals surface area contributed by atoms with Crippen molar-refractivity contribution in [3.8, 4) is 0 Å². The highest BCUT2D eigenvalue weighted by atomic mass is 32.2. The van der Waals surface area contributed by atoms with Crippen LogP contribution in [0.25, 0.3) is 0 Å². The Morgan fingerprint density at radius 2 is 2.14 bits per heavy atom. The number of H-pyrrole nitrogens is 1. The lowest BCUT2D eigenvalue weighted by Gasteiger charge is -2.07. The Labute approximate surface area is 124 Å². The quantitative estimate of drug-likeness (QED) is 0.699. The van der Waals surface area contributed by atoms with Gasteiger partial charge in [0.25, 0.3) is 10.0 Å². The van der Waals surface area contributed by atoms with Gasteiger partial charge in [-0.1, -0.05) is 13.0 Å². The van der Waals surface area contributed by atoms with Crippen LogP contribution in [0.15, 0.2) is 29.6 Å². The molecular weight excluding hydrogens is 290 g/mol. The molecule has 2 rings (SSSR count). The Morgan fingerprint density at radius 3 is 2.81 bits per heavy atom. The number of aryl methyl sites for hydroxylation is 1. The summed E-state index contributed by atoms with van der Waals surface area (Å²) in [7, 11) is -3.66. The molecule has 0 saturated carbocycles. The molecule has 0 aromatic carbocycles. The molecule has 2 aromatic rings. The van der Waals surface area contributed by atoms with E-state index in [1.165, 1.54) is 0 Å². The summed E-state index contributed by atoms with van der Waals surface area (Å²) in [5.74, 6) is 0. The molecular formula is C13H19N5O2S. The van der Waals surface area contributed by atoms with Gasteiger partial charge in [0.1, 0.15) is 0 Å². The molecule has 0 fully saturated rings. The predicted octanol–water partition coefficient (Wildman–Crippen LogP) is 0.701. The summed E-state index contributed by atoms with van der Waals surface area (Å²) in [6.07, 6.45) is 3.27. The van der Waals surface area contributed by atoms with Crippen LogP contribution in [-0.4, -0.2) is 30.1 Å². The monoisotopic (exact) mass is 309 g/mol. The summed E-state index contributed by atoms with van der Waals surface area (Å²) in [5.41, 5.74) is 2.20. The number of nitrogens with one attached hydrogen (secondary N) is 3. The van der Waals surface area contributed by atoms with Gasteiger partial charge in [-0.05, 0) is 25.1 Å². The maximum Gasteiger partial charge on any atom is 0.260 e. The molecule has 0 amide bonds. The van der Waals surface area contributed by atoms with E-state index < -0.39 is 10.0 Å². The van der Waals surface area contributed by atoms with E-state index in [4.69, 9.17) is 0 Å². The fourth-order valence-electron chi connectivity index (χ4n) is 1.86. The topological polar surface area (TPSA) is 99.8 Å². The molecule has 7 nitrogen and oxygen atoms in total. The van der Waals surface area contributed by atoms with Gasteiger partial charge in [-0.2, -0.15) is 5.10 Å². The van der Waals surface area contributed by atoms with Gasteiger partial charge in [0.15, 0.2) is 5.03 Å². The zero-order valence-electron chi connectivity index (χ0n) is 12.0. The van der Waals surface area contributed by atoms with E-state index in [9.17, 15) is 8.42 Å². The van der Waals surface area contributed by atoms with Crippen LogP contribution < -0.4 is 10.0 Å². The summed E-state index contributed by atoms with van der Waals surface area (Å²) < 4.78 is 27.3. The van der Waals surface area contributed by atoms with Gasteiger partial charge in [0.05, 0.1) is 0 Å². The van der Waals surface area contributed by atoms with E-state index in [1.54, 1.807) is 25.4 Å². The molecule has 0 atom stereocenters. The fraction of sp³-hybridized carbons (Fsp3) is 0.385. The average molecular weight is 309 g/mol. The van der Waals surface area contributed by atoms with E-state index >= 15 is 0 Å². The van der Waals surface area contributed by atoms with Crippen molar-refractivity contribution < 1.29 is 8.42 Å². The number of hydrogen-bond donors (Lipinski definition) is 3. The molecule has 0 saturated heterocycles. The van der Waals surface area contributed by atoms with Gasteiger partial charge >= 0.3 is 0 Å². The third-order valence-electron chi connectivity index (χ3n) is 3.03. The minimum absolute atomic E-state index is 0.0461. The third-order valence-corrected chi connectivity index (χ3v) is 4.40. The van der Waals surface area contributed by atoms with Gasteiger partial charge in [0.2, 0.25) is 0 Å². The standard InChI is InChI=1S/C13H19N5O2S/c1-3-14-9-12-10(2)17-18-13(12)21(19,20)16-8-11-5-4-6-15-7-11/h4-7,14,16H,3,8-9H2,1-2H3,(H,17,18). The molecule has 0 aliphatic carbocycles.